The van der Waals surface area contributed by atoms with Crippen molar-refractivity contribution >= 4 is 34.3 Å². The monoisotopic (exact) mass is 276 g/mol. The highest BCUT2D eigenvalue weighted by atomic mass is 35.5. The van der Waals surface area contributed by atoms with Crippen molar-refractivity contribution < 1.29 is 5.03 Å². The summed E-state index contributed by atoms with van der Waals surface area (Å²) in [6.45, 7) is 0.487. The van der Waals surface area contributed by atoms with Crippen LogP contribution in [0.3, 0.4) is 0 Å². The van der Waals surface area contributed by atoms with E-state index in [0.29, 0.717) is 15.8 Å². The summed E-state index contributed by atoms with van der Waals surface area (Å²) < 4.78 is 2.13. The van der Waals surface area contributed by atoms with Gasteiger partial charge in [-0.2, -0.15) is 0 Å². The number of halogens is 1. The van der Waals surface area contributed by atoms with E-state index in [1.165, 1.54) is 22.7 Å². The number of aromatic nitrogens is 2. The van der Waals surface area contributed by atoms with Gasteiger partial charge in [0.1, 0.15) is 0 Å². The molecule has 84 valence electrons. The van der Waals surface area contributed by atoms with Crippen LogP contribution in [0.15, 0.2) is 22.9 Å². The molecule has 6 nitrogen and oxygen atoms in total. The molecule has 2 aromatic heterocycles. The Bertz CT molecular complexity index is 573. The van der Waals surface area contributed by atoms with E-state index in [9.17, 15) is 10.1 Å². The molecule has 16 heavy (non-hydrogen) atoms. The summed E-state index contributed by atoms with van der Waals surface area (Å²) in [7, 11) is 0. The number of nitrogens with zero attached hydrogens (tertiary/aromatic N) is 4. The summed E-state index contributed by atoms with van der Waals surface area (Å²) in [4.78, 5) is 15.4. The van der Waals surface area contributed by atoms with Crippen molar-refractivity contribution in [3.05, 3.63) is 42.0 Å². The van der Waals surface area contributed by atoms with Crippen LogP contribution in [0, 0.1) is 10.1 Å². The van der Waals surface area contributed by atoms with E-state index >= 15 is 0 Å². The van der Waals surface area contributed by atoms with Crippen LogP contribution in [-0.4, -0.2) is 14.6 Å². The lowest BCUT2D eigenvalue weighted by Gasteiger charge is -1.96. The fraction of sp³-hybridized carbons (Fsp3) is 0.143. The first-order chi connectivity index (χ1) is 7.65. The third-order valence-electron chi connectivity index (χ3n) is 1.68. The lowest BCUT2D eigenvalue weighted by atomic mass is 10.5. The summed E-state index contributed by atoms with van der Waals surface area (Å²) in [5, 5.41) is 14.6. The van der Waals surface area contributed by atoms with Crippen molar-refractivity contribution in [3.63, 3.8) is 0 Å². The molecule has 2 aromatic rings. The largest absolute Gasteiger partial charge is 0.313 e. The van der Waals surface area contributed by atoms with Gasteiger partial charge in [0.15, 0.2) is 9.50 Å². The van der Waals surface area contributed by atoms with Gasteiger partial charge >= 0.3 is 0 Å². The van der Waals surface area contributed by atoms with Gasteiger partial charge in [0.25, 0.3) is 4.80 Å². The van der Waals surface area contributed by atoms with Crippen LogP contribution in [0.2, 0.25) is 4.47 Å². The third kappa shape index (κ3) is 2.65. The normalized spacial score (nSPS) is 11.9. The Hall–Kier alpha value is -1.25. The maximum atomic E-state index is 10.3. The zero-order chi connectivity index (χ0) is 11.5. The molecule has 0 amide bonds. The zero-order valence-corrected chi connectivity index (χ0v) is 10.1. The molecule has 0 aliphatic rings. The van der Waals surface area contributed by atoms with Gasteiger partial charge in [0, 0.05) is 22.7 Å². The van der Waals surface area contributed by atoms with E-state index in [-0.39, 0.29) is 0 Å². The number of nitro groups is 1. The van der Waals surface area contributed by atoms with Crippen molar-refractivity contribution in [2.75, 3.05) is 0 Å². The van der Waals surface area contributed by atoms with Crippen LogP contribution in [0.5, 0.6) is 0 Å². The van der Waals surface area contributed by atoms with E-state index in [1.807, 2.05) is 0 Å². The lowest BCUT2D eigenvalue weighted by molar-refractivity contribution is -0.490. The first kappa shape index (κ1) is 11.2. The van der Waals surface area contributed by atoms with E-state index in [2.05, 4.69) is 10.1 Å². The van der Waals surface area contributed by atoms with E-state index < -0.39 is 5.03 Å². The van der Waals surface area contributed by atoms with Crippen LogP contribution >= 0.6 is 34.3 Å². The molecule has 2 rings (SSSR count). The van der Waals surface area contributed by atoms with Crippen molar-refractivity contribution in [1.82, 2.24) is 9.55 Å². The predicted molar refractivity (Wildman–Crippen MR) is 61.1 cm³/mol. The second-order valence-electron chi connectivity index (χ2n) is 2.73. The van der Waals surface area contributed by atoms with Gasteiger partial charge in [-0.25, -0.2) is 15.1 Å². The minimum absolute atomic E-state index is 0.342. The first-order valence-corrected chi connectivity index (χ1v) is 6.16. The standard InChI is InChI=1S/C7H5ClN4O2S2/c8-6-9-3-5(16-6)4-11-1-2-15-7(11)10-12(13)14/h1-3H,4H2/b10-7-. The molecule has 0 saturated carbocycles. The fourth-order valence-electron chi connectivity index (χ4n) is 1.09. The highest BCUT2D eigenvalue weighted by molar-refractivity contribution is 7.15. The Balaban J connectivity index is 2.29. The van der Waals surface area contributed by atoms with Crippen LogP contribution in [-0.2, 0) is 6.54 Å². The molecule has 9 heteroatoms. The van der Waals surface area contributed by atoms with Gasteiger partial charge < -0.3 is 4.57 Å². The van der Waals surface area contributed by atoms with Gasteiger partial charge in [-0.15, -0.1) is 11.3 Å². The molecule has 0 N–H and O–H groups in total. The van der Waals surface area contributed by atoms with Crippen molar-refractivity contribution in [2.45, 2.75) is 6.54 Å². The van der Waals surface area contributed by atoms with Crippen molar-refractivity contribution in [1.29, 1.82) is 0 Å². The SMILES string of the molecule is O=[N+]([O-])/N=c1\sccn1Cc1cnc(Cl)s1. The molecule has 0 atom stereocenters. The van der Waals surface area contributed by atoms with Crippen LogP contribution in [0.25, 0.3) is 0 Å². The Morgan fingerprint density at radius 2 is 2.50 bits per heavy atom. The molecule has 0 bridgehead atoms. The van der Waals surface area contributed by atoms with Gasteiger partial charge in [-0.3, -0.25) is 0 Å². The molecule has 0 aliphatic carbocycles. The maximum absolute atomic E-state index is 10.3. The van der Waals surface area contributed by atoms with E-state index in [1.54, 1.807) is 22.3 Å². The Morgan fingerprint density at radius 1 is 1.69 bits per heavy atom. The molecule has 0 fully saturated rings. The Kier molecular flexibility index (Phi) is 3.32. The molecule has 2 heterocycles. The summed E-state index contributed by atoms with van der Waals surface area (Å²) in [6.07, 6.45) is 3.38. The maximum Gasteiger partial charge on any atom is 0.262 e. The van der Waals surface area contributed by atoms with E-state index in [4.69, 9.17) is 11.6 Å². The fourth-order valence-corrected chi connectivity index (χ4v) is 2.77. The first-order valence-electron chi connectivity index (χ1n) is 4.08. The predicted octanol–water partition coefficient (Wildman–Crippen LogP) is 1.80. The molecule has 0 unspecified atom stereocenters. The number of hydrogen-bond acceptors (Lipinski definition) is 5. The van der Waals surface area contributed by atoms with Crippen LogP contribution < -0.4 is 4.80 Å². The van der Waals surface area contributed by atoms with Crippen molar-refractivity contribution in [3.8, 4) is 0 Å². The minimum atomic E-state index is -0.706. The second kappa shape index (κ2) is 4.73. The van der Waals surface area contributed by atoms with Crippen molar-refractivity contribution in [2.24, 2.45) is 5.10 Å². The summed E-state index contributed by atoms with van der Waals surface area (Å²) >= 11 is 8.24. The molecule has 0 radical (unpaired) electrons. The number of rotatable bonds is 3. The van der Waals surface area contributed by atoms with Gasteiger partial charge in [-0.1, -0.05) is 22.9 Å². The highest BCUT2D eigenvalue weighted by Crippen LogP contribution is 2.18. The number of hydrogen-bond donors (Lipinski definition) is 0. The average molecular weight is 277 g/mol. The Labute approximate surface area is 103 Å². The number of thiazole rings is 2. The van der Waals surface area contributed by atoms with E-state index in [0.717, 1.165) is 4.88 Å². The third-order valence-corrected chi connectivity index (χ3v) is 3.56. The van der Waals surface area contributed by atoms with Crippen LogP contribution in [0.4, 0.5) is 0 Å². The highest BCUT2D eigenvalue weighted by Gasteiger charge is 2.04. The molecule has 0 aromatic carbocycles. The Morgan fingerprint density at radius 3 is 3.12 bits per heavy atom. The topological polar surface area (TPSA) is 73.3 Å². The average Bonchev–Trinajstić information content (AvgIpc) is 2.77. The second-order valence-corrected chi connectivity index (χ2v) is 5.30. The lowest BCUT2D eigenvalue weighted by Crippen LogP contribution is -2.15. The molecule has 0 spiro atoms. The van der Waals surface area contributed by atoms with Crippen LogP contribution in [0.1, 0.15) is 4.88 Å². The zero-order valence-electron chi connectivity index (χ0n) is 7.74. The summed E-state index contributed by atoms with van der Waals surface area (Å²) in [5.41, 5.74) is 0. The van der Waals surface area contributed by atoms with Gasteiger partial charge in [0.2, 0.25) is 0 Å². The minimum Gasteiger partial charge on any atom is -0.313 e. The quantitative estimate of drug-likeness (QED) is 0.634. The summed E-state index contributed by atoms with van der Waals surface area (Å²) in [5.74, 6) is 0. The smallest absolute Gasteiger partial charge is 0.262 e. The van der Waals surface area contributed by atoms with Gasteiger partial charge in [0.05, 0.1) is 11.6 Å². The molecule has 0 aliphatic heterocycles. The molecular weight excluding hydrogens is 272 g/mol. The van der Waals surface area contributed by atoms with Gasteiger partial charge in [-0.05, 0) is 0 Å². The molecule has 0 saturated heterocycles. The summed E-state index contributed by atoms with van der Waals surface area (Å²) in [6, 6.07) is 0. The molecular formula is C7H5ClN4O2S2.